The molecule has 1 atom stereocenters. The number of hydrogen-bond donors (Lipinski definition) is 1. The smallest absolute Gasteiger partial charge is 0.210 e. The minimum atomic E-state index is -0.860. The van der Waals surface area contributed by atoms with Gasteiger partial charge in [-0.1, -0.05) is 40.8 Å². The van der Waals surface area contributed by atoms with Gasteiger partial charge in [0.05, 0.1) is 10.8 Å². The number of rotatable bonds is 6. The van der Waals surface area contributed by atoms with Gasteiger partial charge in [0.25, 0.3) is 0 Å². The maximum atomic E-state index is 13.8. The molecule has 0 bridgehead atoms. The summed E-state index contributed by atoms with van der Waals surface area (Å²) in [4.78, 5) is 12.4. The minimum Gasteiger partial charge on any atom is -0.330 e. The van der Waals surface area contributed by atoms with Gasteiger partial charge in [-0.2, -0.15) is 0 Å². The first-order valence-electron chi connectivity index (χ1n) is 7.75. The molecule has 8 heteroatoms. The Balaban J connectivity index is 1.66. The number of carbonyl (C=O) groups is 1. The van der Waals surface area contributed by atoms with Crippen molar-refractivity contribution in [2.75, 3.05) is 5.32 Å². The van der Waals surface area contributed by atoms with Crippen molar-refractivity contribution in [1.82, 2.24) is 10.2 Å². The predicted molar refractivity (Wildman–Crippen MR) is 100 cm³/mol. The molecule has 0 aliphatic carbocycles. The Morgan fingerprint density at radius 2 is 1.88 bits per heavy atom. The molecule has 0 saturated carbocycles. The highest BCUT2D eigenvalue weighted by Crippen LogP contribution is 2.32. The number of aryl methyl sites for hydroxylation is 1. The molecule has 0 aliphatic heterocycles. The molecule has 0 saturated heterocycles. The van der Waals surface area contributed by atoms with E-state index in [9.17, 15) is 13.6 Å². The molecule has 134 valence electrons. The van der Waals surface area contributed by atoms with Gasteiger partial charge in [0, 0.05) is 11.8 Å². The third kappa shape index (κ3) is 4.44. The van der Waals surface area contributed by atoms with Crippen molar-refractivity contribution >= 4 is 39.7 Å². The fourth-order valence-electron chi connectivity index (χ4n) is 2.18. The van der Waals surface area contributed by atoms with Gasteiger partial charge in [0.15, 0.2) is 10.1 Å². The summed E-state index contributed by atoms with van der Waals surface area (Å²) in [5.41, 5.74) is 1.92. The molecule has 0 amide bonds. The molecule has 0 aliphatic rings. The Morgan fingerprint density at radius 3 is 2.58 bits per heavy atom. The summed E-state index contributed by atoms with van der Waals surface area (Å²) >= 11 is 2.49. The predicted octanol–water partition coefficient (Wildman–Crippen LogP) is 5.23. The highest BCUT2D eigenvalue weighted by atomic mass is 32.2. The molecule has 1 unspecified atom stereocenters. The number of nitrogens with zero attached hydrogens (tertiary/aromatic N) is 2. The van der Waals surface area contributed by atoms with Gasteiger partial charge in [-0.25, -0.2) is 8.78 Å². The average molecular weight is 391 g/mol. The number of anilines is 2. The van der Waals surface area contributed by atoms with E-state index >= 15 is 0 Å². The van der Waals surface area contributed by atoms with Gasteiger partial charge in [0.2, 0.25) is 5.13 Å². The van der Waals surface area contributed by atoms with Gasteiger partial charge in [-0.15, -0.1) is 10.2 Å². The van der Waals surface area contributed by atoms with E-state index in [0.717, 1.165) is 23.4 Å². The van der Waals surface area contributed by atoms with Gasteiger partial charge in [-0.3, -0.25) is 4.79 Å². The molecular weight excluding hydrogens is 376 g/mol. The van der Waals surface area contributed by atoms with Gasteiger partial charge in [0.1, 0.15) is 11.6 Å². The summed E-state index contributed by atoms with van der Waals surface area (Å²) in [6.07, 6.45) is 0. The third-order valence-corrected chi connectivity index (χ3v) is 5.58. The van der Waals surface area contributed by atoms with E-state index in [-0.39, 0.29) is 5.56 Å². The Hall–Kier alpha value is -2.32. The molecular formula is C18H15F2N3OS2. The summed E-state index contributed by atoms with van der Waals surface area (Å²) in [5, 5.41) is 11.3. The van der Waals surface area contributed by atoms with E-state index in [0.29, 0.717) is 15.5 Å². The number of Topliss-reactive ketones (excluding diaryl/α,β-unsaturated/α-hetero) is 1. The molecule has 3 aromatic rings. The largest absolute Gasteiger partial charge is 0.330 e. The van der Waals surface area contributed by atoms with Crippen LogP contribution in [0.2, 0.25) is 0 Å². The molecule has 4 nitrogen and oxygen atoms in total. The number of thioether (sulfide) groups is 1. The summed E-state index contributed by atoms with van der Waals surface area (Å²) < 4.78 is 27.3. The van der Waals surface area contributed by atoms with E-state index in [1.54, 1.807) is 6.92 Å². The SMILES string of the molecule is Cc1ccc(Nc2nnc(SC(C)C(=O)c3ccc(F)cc3F)s2)cc1. The second-order valence-electron chi connectivity index (χ2n) is 5.61. The molecule has 1 N–H and O–H groups in total. The standard InChI is InChI=1S/C18H15F2N3OS2/c1-10-3-6-13(7-4-10)21-17-22-23-18(26-17)25-11(2)16(24)14-8-5-12(19)9-15(14)20/h3-9,11H,1-2H3,(H,21,22). The van der Waals surface area contributed by atoms with Crippen LogP contribution in [0.3, 0.4) is 0 Å². The zero-order valence-corrected chi connectivity index (χ0v) is 15.6. The average Bonchev–Trinajstić information content (AvgIpc) is 3.03. The van der Waals surface area contributed by atoms with Crippen molar-refractivity contribution < 1.29 is 13.6 Å². The minimum absolute atomic E-state index is 0.131. The summed E-state index contributed by atoms with van der Waals surface area (Å²) in [6, 6.07) is 10.8. The lowest BCUT2D eigenvalue weighted by atomic mass is 10.1. The van der Waals surface area contributed by atoms with E-state index in [1.165, 1.54) is 23.1 Å². The summed E-state index contributed by atoms with van der Waals surface area (Å²) in [5.74, 6) is -1.99. The molecule has 3 rings (SSSR count). The maximum absolute atomic E-state index is 13.8. The van der Waals surface area contributed by atoms with Crippen LogP contribution in [-0.2, 0) is 0 Å². The normalized spacial score (nSPS) is 12.0. The number of carbonyl (C=O) groups excluding carboxylic acids is 1. The fraction of sp³-hybridized carbons (Fsp3) is 0.167. The van der Waals surface area contributed by atoms with Crippen molar-refractivity contribution in [2.24, 2.45) is 0 Å². The van der Waals surface area contributed by atoms with E-state index in [1.807, 2.05) is 31.2 Å². The summed E-state index contributed by atoms with van der Waals surface area (Å²) in [7, 11) is 0. The second-order valence-corrected chi connectivity index (χ2v) is 8.18. The van der Waals surface area contributed by atoms with Gasteiger partial charge >= 0.3 is 0 Å². The lowest BCUT2D eigenvalue weighted by Crippen LogP contribution is -2.15. The quantitative estimate of drug-likeness (QED) is 0.460. The van der Waals surface area contributed by atoms with Crippen molar-refractivity contribution in [2.45, 2.75) is 23.4 Å². The molecule has 0 fully saturated rings. The number of benzene rings is 2. The summed E-state index contributed by atoms with van der Waals surface area (Å²) in [6.45, 7) is 3.66. The topological polar surface area (TPSA) is 54.9 Å². The molecule has 1 heterocycles. The van der Waals surface area contributed by atoms with Gasteiger partial charge in [-0.05, 0) is 38.1 Å². The molecule has 26 heavy (non-hydrogen) atoms. The number of aromatic nitrogens is 2. The number of nitrogens with one attached hydrogen (secondary N) is 1. The first kappa shape index (κ1) is 18.5. The van der Waals surface area contributed by atoms with E-state index in [2.05, 4.69) is 15.5 Å². The van der Waals surface area contributed by atoms with E-state index in [4.69, 9.17) is 0 Å². The maximum Gasteiger partial charge on any atom is 0.210 e. The van der Waals surface area contributed by atoms with Crippen LogP contribution in [0.1, 0.15) is 22.8 Å². The zero-order valence-electron chi connectivity index (χ0n) is 14.0. The van der Waals surface area contributed by atoms with Crippen LogP contribution in [0.4, 0.5) is 19.6 Å². The van der Waals surface area contributed by atoms with Crippen LogP contribution in [0, 0.1) is 18.6 Å². The van der Waals surface area contributed by atoms with Crippen LogP contribution >= 0.6 is 23.1 Å². The lowest BCUT2D eigenvalue weighted by molar-refractivity contribution is 0.0990. The number of hydrogen-bond acceptors (Lipinski definition) is 6. The second kappa shape index (κ2) is 7.92. The van der Waals surface area contributed by atoms with Crippen molar-refractivity contribution in [1.29, 1.82) is 0 Å². The van der Waals surface area contributed by atoms with Crippen LogP contribution in [-0.4, -0.2) is 21.2 Å². The Bertz CT molecular complexity index is 928. The van der Waals surface area contributed by atoms with Crippen molar-refractivity contribution in [3.05, 3.63) is 65.2 Å². The highest BCUT2D eigenvalue weighted by Gasteiger charge is 2.22. The molecule has 2 aromatic carbocycles. The van der Waals surface area contributed by atoms with Crippen LogP contribution in [0.25, 0.3) is 0 Å². The van der Waals surface area contributed by atoms with Crippen LogP contribution in [0.15, 0.2) is 46.8 Å². The van der Waals surface area contributed by atoms with Crippen LogP contribution < -0.4 is 5.32 Å². The molecule has 1 aromatic heterocycles. The Kier molecular flexibility index (Phi) is 5.63. The molecule has 0 radical (unpaired) electrons. The Labute approximate surface area is 157 Å². The van der Waals surface area contributed by atoms with Crippen LogP contribution in [0.5, 0.6) is 0 Å². The first-order chi connectivity index (χ1) is 12.4. The highest BCUT2D eigenvalue weighted by molar-refractivity contribution is 8.02. The number of halogens is 2. The lowest BCUT2D eigenvalue weighted by Gasteiger charge is -2.08. The van der Waals surface area contributed by atoms with Crippen molar-refractivity contribution in [3.8, 4) is 0 Å². The van der Waals surface area contributed by atoms with Crippen molar-refractivity contribution in [3.63, 3.8) is 0 Å². The van der Waals surface area contributed by atoms with E-state index < -0.39 is 22.7 Å². The molecule has 0 spiro atoms. The third-order valence-electron chi connectivity index (χ3n) is 3.55. The first-order valence-corrected chi connectivity index (χ1v) is 9.45. The van der Waals surface area contributed by atoms with Gasteiger partial charge < -0.3 is 5.32 Å². The fourth-order valence-corrected chi connectivity index (χ4v) is 4.17. The number of ketones is 1. The Morgan fingerprint density at radius 1 is 1.15 bits per heavy atom. The monoisotopic (exact) mass is 391 g/mol. The zero-order chi connectivity index (χ0) is 18.7.